The Morgan fingerprint density at radius 1 is 1.41 bits per heavy atom. The molecular weight excluding hydrogens is 242 g/mol. The molecule has 6 nitrogen and oxygen atoms in total. The molecule has 0 aliphatic carbocycles. The number of morpholine rings is 1. The van der Waals surface area contributed by atoms with Crippen molar-refractivity contribution in [2.75, 3.05) is 50.4 Å². The van der Waals surface area contributed by atoms with Crippen LogP contribution in [0.5, 0.6) is 0 Å². The van der Waals surface area contributed by atoms with Crippen molar-refractivity contribution in [1.82, 2.24) is 14.9 Å². The Hall–Kier alpha value is -1.11. The van der Waals surface area contributed by atoms with Crippen LogP contribution in [0.25, 0.3) is 0 Å². The van der Waals surface area contributed by atoms with Crippen LogP contribution >= 0.6 is 11.6 Å². The average Bonchev–Trinajstić information content (AvgIpc) is 2.36. The van der Waals surface area contributed by atoms with Gasteiger partial charge in [0.2, 0.25) is 0 Å². The summed E-state index contributed by atoms with van der Waals surface area (Å²) in [5.74, 6) is 0.892. The first-order valence-electron chi connectivity index (χ1n) is 5.57. The number of nitrogens with zero attached hydrogens (tertiary/aromatic N) is 3. The summed E-state index contributed by atoms with van der Waals surface area (Å²) in [5.41, 5.74) is 5.59. The lowest BCUT2D eigenvalue weighted by molar-refractivity contribution is 0.0398. The van der Waals surface area contributed by atoms with Gasteiger partial charge in [-0.2, -0.15) is 0 Å². The Bertz CT molecular complexity index is 370. The minimum Gasteiger partial charge on any atom is -0.382 e. The van der Waals surface area contributed by atoms with E-state index < -0.39 is 0 Å². The third kappa shape index (κ3) is 3.42. The van der Waals surface area contributed by atoms with Gasteiger partial charge in [-0.3, -0.25) is 4.90 Å². The molecule has 1 aromatic heterocycles. The monoisotopic (exact) mass is 257 g/mol. The fourth-order valence-electron chi connectivity index (χ4n) is 1.66. The number of nitrogen functional groups attached to an aromatic ring is 1. The lowest BCUT2D eigenvalue weighted by atomic mass is 10.4. The highest BCUT2D eigenvalue weighted by molar-refractivity contribution is 6.35. The SMILES string of the molecule is Nc1ncnc(NCCN2CCOCC2)c1Cl. The highest BCUT2D eigenvalue weighted by Gasteiger charge is 2.10. The predicted molar refractivity (Wildman–Crippen MR) is 67.2 cm³/mol. The zero-order valence-electron chi connectivity index (χ0n) is 9.53. The van der Waals surface area contributed by atoms with Gasteiger partial charge in [0, 0.05) is 26.2 Å². The molecule has 0 amide bonds. The van der Waals surface area contributed by atoms with E-state index in [-0.39, 0.29) is 0 Å². The second-order valence-corrected chi connectivity index (χ2v) is 4.18. The van der Waals surface area contributed by atoms with Crippen LogP contribution in [0.2, 0.25) is 5.02 Å². The average molecular weight is 258 g/mol. The molecule has 0 saturated carbocycles. The minimum absolute atomic E-state index is 0.301. The lowest BCUT2D eigenvalue weighted by Gasteiger charge is -2.26. The van der Waals surface area contributed by atoms with Crippen LogP contribution in [0, 0.1) is 0 Å². The Morgan fingerprint density at radius 2 is 2.18 bits per heavy atom. The van der Waals surface area contributed by atoms with Gasteiger partial charge in [-0.1, -0.05) is 11.6 Å². The number of anilines is 2. The fraction of sp³-hybridized carbons (Fsp3) is 0.600. The molecular formula is C10H16ClN5O. The summed E-state index contributed by atoms with van der Waals surface area (Å²) in [6.07, 6.45) is 1.40. The van der Waals surface area contributed by atoms with Crippen molar-refractivity contribution in [3.05, 3.63) is 11.3 Å². The van der Waals surface area contributed by atoms with Crippen LogP contribution in [0.4, 0.5) is 11.6 Å². The molecule has 1 aliphatic heterocycles. The van der Waals surface area contributed by atoms with Crippen molar-refractivity contribution in [2.45, 2.75) is 0 Å². The van der Waals surface area contributed by atoms with Gasteiger partial charge >= 0.3 is 0 Å². The van der Waals surface area contributed by atoms with Gasteiger partial charge < -0.3 is 15.8 Å². The van der Waals surface area contributed by atoms with E-state index in [0.29, 0.717) is 16.7 Å². The smallest absolute Gasteiger partial charge is 0.150 e. The largest absolute Gasteiger partial charge is 0.382 e. The molecule has 0 radical (unpaired) electrons. The summed E-state index contributed by atoms with van der Waals surface area (Å²) in [7, 11) is 0. The second kappa shape index (κ2) is 6.00. The summed E-state index contributed by atoms with van der Waals surface area (Å²) >= 11 is 5.97. The van der Waals surface area contributed by atoms with Gasteiger partial charge in [0.15, 0.2) is 0 Å². The van der Waals surface area contributed by atoms with E-state index in [0.717, 1.165) is 39.4 Å². The van der Waals surface area contributed by atoms with Crippen LogP contribution in [0.3, 0.4) is 0 Å². The van der Waals surface area contributed by atoms with Crippen LogP contribution in [-0.2, 0) is 4.74 Å². The molecule has 1 aromatic rings. The van der Waals surface area contributed by atoms with Crippen LogP contribution in [0.1, 0.15) is 0 Å². The van der Waals surface area contributed by atoms with Crippen molar-refractivity contribution >= 4 is 23.2 Å². The van der Waals surface area contributed by atoms with E-state index in [1.807, 2.05) is 0 Å². The van der Waals surface area contributed by atoms with Crippen LogP contribution < -0.4 is 11.1 Å². The molecule has 0 unspecified atom stereocenters. The first kappa shape index (κ1) is 12.3. The van der Waals surface area contributed by atoms with Crippen molar-refractivity contribution < 1.29 is 4.74 Å². The van der Waals surface area contributed by atoms with Crippen molar-refractivity contribution in [1.29, 1.82) is 0 Å². The summed E-state index contributed by atoms with van der Waals surface area (Å²) in [6, 6.07) is 0. The molecule has 7 heteroatoms. The Kier molecular flexibility index (Phi) is 4.36. The molecule has 1 fully saturated rings. The molecule has 17 heavy (non-hydrogen) atoms. The standard InChI is InChI=1S/C10H16ClN5O/c11-8-9(12)14-7-15-10(8)13-1-2-16-3-5-17-6-4-16/h7H,1-6H2,(H3,12,13,14,15). The zero-order valence-corrected chi connectivity index (χ0v) is 10.3. The number of hydrogen-bond acceptors (Lipinski definition) is 6. The molecule has 2 heterocycles. The van der Waals surface area contributed by atoms with E-state index in [1.165, 1.54) is 6.33 Å². The van der Waals surface area contributed by atoms with Gasteiger partial charge in [0.05, 0.1) is 13.2 Å². The molecule has 3 N–H and O–H groups in total. The highest BCUT2D eigenvalue weighted by Crippen LogP contribution is 2.22. The van der Waals surface area contributed by atoms with E-state index in [2.05, 4.69) is 20.2 Å². The molecule has 2 rings (SSSR count). The predicted octanol–water partition coefficient (Wildman–Crippen LogP) is 0.456. The molecule has 1 saturated heterocycles. The number of ether oxygens (including phenoxy) is 1. The maximum Gasteiger partial charge on any atom is 0.150 e. The molecule has 0 bridgehead atoms. The first-order chi connectivity index (χ1) is 8.27. The van der Waals surface area contributed by atoms with Crippen molar-refractivity contribution in [3.63, 3.8) is 0 Å². The number of nitrogens with two attached hydrogens (primary N) is 1. The Balaban J connectivity index is 1.79. The summed E-state index contributed by atoms with van der Waals surface area (Å²) in [4.78, 5) is 10.2. The Morgan fingerprint density at radius 3 is 2.94 bits per heavy atom. The summed E-state index contributed by atoms with van der Waals surface area (Å²) in [6.45, 7) is 5.27. The van der Waals surface area contributed by atoms with Crippen molar-refractivity contribution in [2.24, 2.45) is 0 Å². The molecule has 0 spiro atoms. The number of rotatable bonds is 4. The third-order valence-electron chi connectivity index (χ3n) is 2.64. The molecule has 94 valence electrons. The van der Waals surface area contributed by atoms with E-state index >= 15 is 0 Å². The van der Waals surface area contributed by atoms with Gasteiger partial charge in [-0.15, -0.1) is 0 Å². The van der Waals surface area contributed by atoms with E-state index in [4.69, 9.17) is 22.1 Å². The maximum atomic E-state index is 5.97. The van der Waals surface area contributed by atoms with Crippen LogP contribution in [0.15, 0.2) is 6.33 Å². The van der Waals surface area contributed by atoms with E-state index in [9.17, 15) is 0 Å². The van der Waals surface area contributed by atoms with Gasteiger partial charge in [0.1, 0.15) is 23.0 Å². The highest BCUT2D eigenvalue weighted by atomic mass is 35.5. The Labute approximate surface area is 105 Å². The van der Waals surface area contributed by atoms with Gasteiger partial charge in [-0.05, 0) is 0 Å². The van der Waals surface area contributed by atoms with Crippen LogP contribution in [-0.4, -0.2) is 54.3 Å². The first-order valence-corrected chi connectivity index (χ1v) is 5.95. The molecule has 0 aromatic carbocycles. The topological polar surface area (TPSA) is 76.3 Å². The second-order valence-electron chi connectivity index (χ2n) is 3.80. The maximum absolute atomic E-state index is 5.97. The fourth-order valence-corrected chi connectivity index (χ4v) is 1.83. The van der Waals surface area contributed by atoms with Gasteiger partial charge in [0.25, 0.3) is 0 Å². The zero-order chi connectivity index (χ0) is 12.1. The molecule has 1 aliphatic rings. The summed E-state index contributed by atoms with van der Waals surface area (Å²) in [5, 5.41) is 3.54. The number of halogens is 1. The number of hydrogen-bond donors (Lipinski definition) is 2. The minimum atomic E-state index is 0.301. The van der Waals surface area contributed by atoms with E-state index in [1.54, 1.807) is 0 Å². The number of aromatic nitrogens is 2. The third-order valence-corrected chi connectivity index (χ3v) is 3.01. The van der Waals surface area contributed by atoms with Gasteiger partial charge in [-0.25, -0.2) is 9.97 Å². The normalized spacial score (nSPS) is 17.0. The quantitative estimate of drug-likeness (QED) is 0.816. The lowest BCUT2D eigenvalue weighted by Crippen LogP contribution is -2.39. The van der Waals surface area contributed by atoms with Crippen molar-refractivity contribution in [3.8, 4) is 0 Å². The summed E-state index contributed by atoms with van der Waals surface area (Å²) < 4.78 is 5.28. The molecule has 0 atom stereocenters. The number of nitrogens with one attached hydrogen (secondary N) is 1.